The summed E-state index contributed by atoms with van der Waals surface area (Å²) in [6.45, 7) is 0. The van der Waals surface area contributed by atoms with Gasteiger partial charge in [-0.05, 0) is 12.8 Å². The maximum atomic E-state index is 10.8. The number of carboxylic acid groups (broad SMARTS) is 1. The van der Waals surface area contributed by atoms with Crippen molar-refractivity contribution in [3.05, 3.63) is 12.2 Å². The Bertz CT molecular complexity index is 343. The molecule has 1 rings (SSSR count). The van der Waals surface area contributed by atoms with Crippen molar-refractivity contribution < 1.29 is 22.5 Å². The molecule has 0 amide bonds. The van der Waals surface area contributed by atoms with Gasteiger partial charge in [0.1, 0.15) is 0 Å². The second kappa shape index (κ2) is 4.10. The molecule has 0 aliphatic heterocycles. The van der Waals surface area contributed by atoms with Gasteiger partial charge in [0.15, 0.2) is 0 Å². The van der Waals surface area contributed by atoms with Gasteiger partial charge < -0.3 is 9.90 Å². The third-order valence-corrected chi connectivity index (χ3v) is 2.53. The first-order chi connectivity index (χ1) is 6.38. The summed E-state index contributed by atoms with van der Waals surface area (Å²) in [6, 6.07) is 0. The molecule has 0 aromatic heterocycles. The standard InChI is InChI=1S/C8H12O5S/c1-14(11,12)13-7-4-2-3-6(7)5-8(9)10/h2-3,6-7H,4-5H2,1H3,(H,9,10)/p-1/t6-,7+/m0/s1. The number of carbonyl (C=O) groups excluding carboxylic acids is 1. The van der Waals surface area contributed by atoms with Gasteiger partial charge in [-0.2, -0.15) is 8.42 Å². The first kappa shape index (κ1) is 11.2. The van der Waals surface area contributed by atoms with Crippen LogP contribution in [0, 0.1) is 5.92 Å². The molecule has 0 heterocycles. The first-order valence-corrected chi connectivity index (χ1v) is 5.95. The third kappa shape index (κ3) is 3.47. The molecule has 0 bridgehead atoms. The van der Waals surface area contributed by atoms with E-state index in [1.807, 2.05) is 0 Å². The molecule has 5 nitrogen and oxygen atoms in total. The van der Waals surface area contributed by atoms with Crippen LogP contribution in [0.4, 0.5) is 0 Å². The monoisotopic (exact) mass is 219 g/mol. The zero-order valence-corrected chi connectivity index (χ0v) is 8.49. The summed E-state index contributed by atoms with van der Waals surface area (Å²) in [4.78, 5) is 10.3. The Balaban J connectivity index is 2.59. The van der Waals surface area contributed by atoms with E-state index in [0.29, 0.717) is 6.42 Å². The van der Waals surface area contributed by atoms with Crippen molar-refractivity contribution in [2.75, 3.05) is 6.26 Å². The summed E-state index contributed by atoms with van der Waals surface area (Å²) in [6.07, 6.45) is 3.92. The Kier molecular flexibility index (Phi) is 3.28. The molecule has 0 saturated carbocycles. The Hall–Kier alpha value is -0.880. The van der Waals surface area contributed by atoms with Gasteiger partial charge in [-0.1, -0.05) is 12.2 Å². The zero-order chi connectivity index (χ0) is 10.8. The Morgan fingerprint density at radius 2 is 2.29 bits per heavy atom. The first-order valence-electron chi connectivity index (χ1n) is 4.13. The van der Waals surface area contributed by atoms with Crippen LogP contribution in [0.5, 0.6) is 0 Å². The predicted octanol–water partition coefficient (Wildman–Crippen LogP) is -0.953. The van der Waals surface area contributed by atoms with Crippen molar-refractivity contribution in [1.29, 1.82) is 0 Å². The summed E-state index contributed by atoms with van der Waals surface area (Å²) in [5.74, 6) is -1.61. The summed E-state index contributed by atoms with van der Waals surface area (Å²) in [5.41, 5.74) is 0. The van der Waals surface area contributed by atoms with Crippen LogP contribution in [-0.2, 0) is 19.1 Å². The molecule has 0 radical (unpaired) electrons. The highest BCUT2D eigenvalue weighted by molar-refractivity contribution is 7.86. The molecular weight excluding hydrogens is 208 g/mol. The molecule has 0 N–H and O–H groups in total. The summed E-state index contributed by atoms with van der Waals surface area (Å²) >= 11 is 0. The van der Waals surface area contributed by atoms with Gasteiger partial charge >= 0.3 is 0 Å². The summed E-state index contributed by atoms with van der Waals surface area (Å²) in [7, 11) is -3.53. The summed E-state index contributed by atoms with van der Waals surface area (Å²) in [5, 5.41) is 10.3. The number of carbonyl (C=O) groups is 1. The van der Waals surface area contributed by atoms with Crippen molar-refractivity contribution in [2.24, 2.45) is 5.92 Å². The molecule has 0 fully saturated rings. The van der Waals surface area contributed by atoms with Crippen molar-refractivity contribution in [3.8, 4) is 0 Å². The minimum atomic E-state index is -3.53. The fourth-order valence-electron chi connectivity index (χ4n) is 1.41. The van der Waals surface area contributed by atoms with Gasteiger partial charge in [0, 0.05) is 11.9 Å². The van der Waals surface area contributed by atoms with Gasteiger partial charge in [-0.25, -0.2) is 0 Å². The van der Waals surface area contributed by atoms with Gasteiger partial charge in [0.05, 0.1) is 12.4 Å². The molecule has 2 atom stereocenters. The molecule has 0 spiro atoms. The van der Waals surface area contributed by atoms with Crippen LogP contribution in [0.15, 0.2) is 12.2 Å². The van der Waals surface area contributed by atoms with E-state index in [1.54, 1.807) is 12.2 Å². The number of rotatable bonds is 4. The predicted molar refractivity (Wildman–Crippen MR) is 46.6 cm³/mol. The quantitative estimate of drug-likeness (QED) is 0.449. The van der Waals surface area contributed by atoms with Gasteiger partial charge in [0.25, 0.3) is 10.1 Å². The number of carboxylic acids is 1. The van der Waals surface area contributed by atoms with Crippen LogP contribution in [0.25, 0.3) is 0 Å². The minimum Gasteiger partial charge on any atom is -0.550 e. The van der Waals surface area contributed by atoms with Gasteiger partial charge in [0.2, 0.25) is 0 Å². The fraction of sp³-hybridized carbons (Fsp3) is 0.625. The highest BCUT2D eigenvalue weighted by Gasteiger charge is 2.26. The maximum absolute atomic E-state index is 10.8. The largest absolute Gasteiger partial charge is 0.550 e. The van der Waals surface area contributed by atoms with E-state index < -0.39 is 28.1 Å². The lowest BCUT2D eigenvalue weighted by atomic mass is 10.0. The van der Waals surface area contributed by atoms with Crippen LogP contribution in [-0.4, -0.2) is 26.7 Å². The van der Waals surface area contributed by atoms with E-state index in [9.17, 15) is 18.3 Å². The average molecular weight is 219 g/mol. The van der Waals surface area contributed by atoms with Crippen LogP contribution in [0.1, 0.15) is 12.8 Å². The molecule has 0 aromatic carbocycles. The average Bonchev–Trinajstić information content (AvgIpc) is 2.32. The lowest BCUT2D eigenvalue weighted by Crippen LogP contribution is -2.30. The van der Waals surface area contributed by atoms with E-state index in [1.165, 1.54) is 0 Å². The molecular formula is C8H11O5S-. The molecule has 0 aromatic rings. The van der Waals surface area contributed by atoms with Crippen LogP contribution < -0.4 is 5.11 Å². The van der Waals surface area contributed by atoms with Crippen LogP contribution in [0.2, 0.25) is 0 Å². The van der Waals surface area contributed by atoms with Crippen molar-refractivity contribution >= 4 is 16.1 Å². The third-order valence-electron chi connectivity index (χ3n) is 1.93. The normalized spacial score (nSPS) is 26.6. The molecule has 0 saturated heterocycles. The second-order valence-corrected chi connectivity index (χ2v) is 4.84. The molecule has 14 heavy (non-hydrogen) atoms. The zero-order valence-electron chi connectivity index (χ0n) is 7.67. The Labute approximate surface area is 82.5 Å². The lowest BCUT2D eigenvalue weighted by Gasteiger charge is -2.18. The molecule has 6 heteroatoms. The number of hydrogen-bond acceptors (Lipinski definition) is 5. The Morgan fingerprint density at radius 1 is 1.64 bits per heavy atom. The molecule has 1 aliphatic rings. The molecule has 80 valence electrons. The van der Waals surface area contributed by atoms with E-state index in [2.05, 4.69) is 0 Å². The second-order valence-electron chi connectivity index (χ2n) is 3.24. The van der Waals surface area contributed by atoms with Gasteiger partial charge in [-0.15, -0.1) is 0 Å². The van der Waals surface area contributed by atoms with Gasteiger partial charge in [-0.3, -0.25) is 4.18 Å². The highest BCUT2D eigenvalue weighted by atomic mass is 32.2. The van der Waals surface area contributed by atoms with Crippen molar-refractivity contribution in [1.82, 2.24) is 0 Å². The van der Waals surface area contributed by atoms with E-state index in [-0.39, 0.29) is 6.42 Å². The minimum absolute atomic E-state index is 0.212. The topological polar surface area (TPSA) is 83.5 Å². The Morgan fingerprint density at radius 3 is 2.79 bits per heavy atom. The van der Waals surface area contributed by atoms with E-state index in [0.717, 1.165) is 6.26 Å². The molecule has 0 unspecified atom stereocenters. The highest BCUT2D eigenvalue weighted by Crippen LogP contribution is 2.25. The SMILES string of the molecule is CS(=O)(=O)O[C@@H]1CC=C[C@H]1CC(=O)[O-]. The number of aliphatic carboxylic acids is 1. The van der Waals surface area contributed by atoms with E-state index in [4.69, 9.17) is 4.18 Å². The molecule has 1 aliphatic carbocycles. The fourth-order valence-corrected chi connectivity index (χ4v) is 2.08. The lowest BCUT2D eigenvalue weighted by molar-refractivity contribution is -0.306. The number of hydrogen-bond donors (Lipinski definition) is 0. The van der Waals surface area contributed by atoms with Crippen molar-refractivity contribution in [3.63, 3.8) is 0 Å². The van der Waals surface area contributed by atoms with Crippen LogP contribution >= 0.6 is 0 Å². The van der Waals surface area contributed by atoms with Crippen molar-refractivity contribution in [2.45, 2.75) is 18.9 Å². The van der Waals surface area contributed by atoms with Crippen LogP contribution in [0.3, 0.4) is 0 Å². The maximum Gasteiger partial charge on any atom is 0.264 e. The smallest absolute Gasteiger partial charge is 0.264 e. The van der Waals surface area contributed by atoms with E-state index >= 15 is 0 Å². The summed E-state index contributed by atoms with van der Waals surface area (Å²) < 4.78 is 26.3.